The van der Waals surface area contributed by atoms with Gasteiger partial charge in [-0.15, -0.1) is 0 Å². The molecule has 3 nitrogen and oxygen atoms in total. The molecule has 0 aliphatic carbocycles. The lowest BCUT2D eigenvalue weighted by molar-refractivity contribution is 0.0414. The van der Waals surface area contributed by atoms with Gasteiger partial charge in [0.05, 0.1) is 12.7 Å². The maximum absolute atomic E-state index is 13.0. The summed E-state index contributed by atoms with van der Waals surface area (Å²) >= 11 is 0. The molecule has 1 heterocycles. The number of aliphatic hydroxyl groups is 1. The molecule has 0 aromatic heterocycles. The van der Waals surface area contributed by atoms with Gasteiger partial charge in [0.15, 0.2) is 0 Å². The van der Waals surface area contributed by atoms with E-state index in [0.29, 0.717) is 19.7 Å². The largest absolute Gasteiger partial charge is 0.389 e. The van der Waals surface area contributed by atoms with Crippen LogP contribution in [0.2, 0.25) is 0 Å². The molecule has 1 aliphatic rings. The number of β-amino-alcohol motifs (C(OH)–C–C–N with tert-alkyl or cyclic N) is 1. The first-order chi connectivity index (χ1) is 7.13. The minimum atomic E-state index is -0.741. The summed E-state index contributed by atoms with van der Waals surface area (Å²) in [6, 6.07) is 0. The predicted octanol–water partition coefficient (Wildman–Crippen LogP) is 1.31. The van der Waals surface area contributed by atoms with Gasteiger partial charge in [0, 0.05) is 32.7 Å². The van der Waals surface area contributed by atoms with Crippen molar-refractivity contribution in [2.75, 3.05) is 33.4 Å². The van der Waals surface area contributed by atoms with Gasteiger partial charge in [0.1, 0.15) is 6.17 Å². The van der Waals surface area contributed by atoms with Crippen LogP contribution in [0.3, 0.4) is 0 Å². The van der Waals surface area contributed by atoms with E-state index in [1.807, 2.05) is 25.7 Å². The van der Waals surface area contributed by atoms with Gasteiger partial charge in [0.2, 0.25) is 0 Å². The van der Waals surface area contributed by atoms with Crippen molar-refractivity contribution in [3.63, 3.8) is 0 Å². The highest BCUT2D eigenvalue weighted by atomic mass is 19.1. The van der Waals surface area contributed by atoms with Crippen molar-refractivity contribution < 1.29 is 14.2 Å². The van der Waals surface area contributed by atoms with Crippen LogP contribution < -0.4 is 0 Å². The lowest BCUT2D eigenvalue weighted by atomic mass is 10.1. The highest BCUT2D eigenvalue weighted by Crippen LogP contribution is 2.19. The second-order valence-corrected chi connectivity index (χ2v) is 3.82. The molecule has 0 saturated carbocycles. The zero-order valence-corrected chi connectivity index (χ0v) is 10.2. The smallest absolute Gasteiger partial charge is 0.116 e. The molecule has 1 fully saturated rings. The molecule has 1 rings (SSSR count). The van der Waals surface area contributed by atoms with Crippen LogP contribution in [-0.4, -0.2) is 55.6 Å². The average molecular weight is 221 g/mol. The molecule has 15 heavy (non-hydrogen) atoms. The van der Waals surface area contributed by atoms with Gasteiger partial charge in [-0.1, -0.05) is 20.8 Å². The summed E-state index contributed by atoms with van der Waals surface area (Å²) in [5, 5.41) is 9.39. The van der Waals surface area contributed by atoms with Crippen LogP contribution in [0.4, 0.5) is 4.39 Å². The highest BCUT2D eigenvalue weighted by Gasteiger charge is 2.29. The first kappa shape index (κ1) is 14.8. The van der Waals surface area contributed by atoms with E-state index in [4.69, 9.17) is 4.74 Å². The van der Waals surface area contributed by atoms with E-state index in [2.05, 4.69) is 0 Å². The summed E-state index contributed by atoms with van der Waals surface area (Å²) in [6.07, 6.45) is -1.24. The molecule has 0 amide bonds. The molecule has 1 aliphatic heterocycles. The number of hydrogen-bond donors (Lipinski definition) is 1. The van der Waals surface area contributed by atoms with Gasteiger partial charge in [-0.2, -0.15) is 0 Å². The predicted molar refractivity (Wildman–Crippen MR) is 59.7 cm³/mol. The molecular weight excluding hydrogens is 197 g/mol. The standard InChI is InChI=1S/C9H18FNO2.C2H6/c1-7-3-11(5-9(7)10)4-8(12)6-13-2;1-2/h7-9,12H,3-6H2,1-2H3;1-2H3. The van der Waals surface area contributed by atoms with Gasteiger partial charge < -0.3 is 9.84 Å². The van der Waals surface area contributed by atoms with Gasteiger partial charge in [-0.3, -0.25) is 4.90 Å². The second kappa shape index (κ2) is 8.02. The SMILES string of the molecule is CC.COCC(O)CN1CC(C)C(F)C1. The van der Waals surface area contributed by atoms with Crippen molar-refractivity contribution in [1.82, 2.24) is 4.90 Å². The lowest BCUT2D eigenvalue weighted by Gasteiger charge is -2.18. The van der Waals surface area contributed by atoms with Crippen molar-refractivity contribution in [3.8, 4) is 0 Å². The average Bonchev–Trinajstić information content (AvgIpc) is 2.49. The van der Waals surface area contributed by atoms with E-state index in [1.54, 1.807) is 7.11 Å². The van der Waals surface area contributed by atoms with Crippen molar-refractivity contribution in [2.45, 2.75) is 33.0 Å². The third-order valence-electron chi connectivity index (χ3n) is 2.42. The number of methoxy groups -OCH3 is 1. The molecule has 0 radical (unpaired) electrons. The van der Waals surface area contributed by atoms with Crippen molar-refractivity contribution in [2.24, 2.45) is 5.92 Å². The molecule has 1 N–H and O–H groups in total. The number of likely N-dealkylation sites (tertiary alicyclic amines) is 1. The molecule has 92 valence electrons. The van der Waals surface area contributed by atoms with E-state index in [-0.39, 0.29) is 5.92 Å². The van der Waals surface area contributed by atoms with E-state index in [1.165, 1.54) is 0 Å². The fraction of sp³-hybridized carbons (Fsp3) is 1.00. The molecule has 0 spiro atoms. The van der Waals surface area contributed by atoms with Crippen LogP contribution in [0.1, 0.15) is 20.8 Å². The Balaban J connectivity index is 0.000000921. The maximum Gasteiger partial charge on any atom is 0.116 e. The zero-order chi connectivity index (χ0) is 11.8. The van der Waals surface area contributed by atoms with Crippen LogP contribution >= 0.6 is 0 Å². The Kier molecular flexibility index (Phi) is 7.92. The van der Waals surface area contributed by atoms with Crippen LogP contribution in [0, 0.1) is 5.92 Å². The fourth-order valence-corrected chi connectivity index (χ4v) is 1.71. The Hall–Kier alpha value is -0.190. The summed E-state index contributed by atoms with van der Waals surface area (Å²) in [6.45, 7) is 7.91. The summed E-state index contributed by atoms with van der Waals surface area (Å²) in [7, 11) is 1.55. The van der Waals surface area contributed by atoms with E-state index in [9.17, 15) is 9.50 Å². The van der Waals surface area contributed by atoms with Crippen LogP contribution in [-0.2, 0) is 4.74 Å². The highest BCUT2D eigenvalue weighted by molar-refractivity contribution is 4.82. The molecular formula is C11H24FNO2. The topological polar surface area (TPSA) is 32.7 Å². The van der Waals surface area contributed by atoms with Crippen LogP contribution in [0.25, 0.3) is 0 Å². The van der Waals surface area contributed by atoms with Gasteiger partial charge in [-0.05, 0) is 0 Å². The van der Waals surface area contributed by atoms with Crippen LogP contribution in [0.15, 0.2) is 0 Å². The number of ether oxygens (including phenoxy) is 1. The number of hydrogen-bond acceptors (Lipinski definition) is 3. The number of nitrogens with zero attached hydrogens (tertiary/aromatic N) is 1. The fourth-order valence-electron chi connectivity index (χ4n) is 1.71. The molecule has 3 atom stereocenters. The third kappa shape index (κ3) is 5.44. The van der Waals surface area contributed by atoms with Crippen LogP contribution in [0.5, 0.6) is 0 Å². The first-order valence-electron chi connectivity index (χ1n) is 5.67. The summed E-state index contributed by atoms with van der Waals surface area (Å²) in [5.41, 5.74) is 0. The van der Waals surface area contributed by atoms with Crippen molar-refractivity contribution >= 4 is 0 Å². The number of halogens is 1. The Labute approximate surface area is 92.2 Å². The van der Waals surface area contributed by atoms with E-state index < -0.39 is 12.3 Å². The van der Waals surface area contributed by atoms with E-state index >= 15 is 0 Å². The zero-order valence-electron chi connectivity index (χ0n) is 10.2. The van der Waals surface area contributed by atoms with E-state index in [0.717, 1.165) is 6.54 Å². The number of alkyl halides is 1. The Morgan fingerprint density at radius 2 is 2.07 bits per heavy atom. The van der Waals surface area contributed by atoms with Crippen molar-refractivity contribution in [1.29, 1.82) is 0 Å². The molecule has 4 heteroatoms. The van der Waals surface area contributed by atoms with Crippen molar-refractivity contribution in [3.05, 3.63) is 0 Å². The molecule has 0 aromatic carbocycles. The second-order valence-electron chi connectivity index (χ2n) is 3.82. The van der Waals surface area contributed by atoms with Gasteiger partial charge >= 0.3 is 0 Å². The lowest BCUT2D eigenvalue weighted by Crippen LogP contribution is -2.33. The Bertz CT molecular complexity index is 148. The third-order valence-corrected chi connectivity index (χ3v) is 2.42. The monoisotopic (exact) mass is 221 g/mol. The first-order valence-corrected chi connectivity index (χ1v) is 5.67. The normalized spacial score (nSPS) is 28.4. The Morgan fingerprint density at radius 1 is 1.47 bits per heavy atom. The summed E-state index contributed by atoms with van der Waals surface area (Å²) in [5.74, 6) is 0.0924. The minimum Gasteiger partial charge on any atom is -0.389 e. The number of rotatable bonds is 4. The molecule has 0 aromatic rings. The minimum absolute atomic E-state index is 0.0924. The maximum atomic E-state index is 13.0. The molecule has 3 unspecified atom stereocenters. The quantitative estimate of drug-likeness (QED) is 0.777. The summed E-state index contributed by atoms with van der Waals surface area (Å²) < 4.78 is 17.8. The Morgan fingerprint density at radius 3 is 2.47 bits per heavy atom. The number of aliphatic hydroxyl groups excluding tert-OH is 1. The summed E-state index contributed by atoms with van der Waals surface area (Å²) in [4.78, 5) is 1.94. The van der Waals surface area contributed by atoms with Gasteiger partial charge in [0.25, 0.3) is 0 Å². The molecule has 1 saturated heterocycles. The van der Waals surface area contributed by atoms with Gasteiger partial charge in [-0.25, -0.2) is 4.39 Å². The molecule has 0 bridgehead atoms.